The number of rotatable bonds is 16. The molecule has 13 nitrogen and oxygen atoms in total. The van der Waals surface area contributed by atoms with Gasteiger partial charge in [0.2, 0.25) is 28.6 Å². The maximum Gasteiger partial charge on any atom is 0.243 e. The number of aliphatic hydroxyl groups excluding tert-OH is 1. The molecule has 0 spiro atoms. The van der Waals surface area contributed by atoms with Gasteiger partial charge in [-0.1, -0.05) is 51.1 Å². The number of nitrogens with zero attached hydrogens (tertiary/aromatic N) is 2. The number of carbonyl (C=O) groups is 2. The van der Waals surface area contributed by atoms with Crippen LogP contribution >= 0.6 is 0 Å². The molecule has 47 heavy (non-hydrogen) atoms. The molecular formula is C32H46N4O9S2. The topological polar surface area (TPSA) is 172 Å². The van der Waals surface area contributed by atoms with Crippen LogP contribution in [-0.4, -0.2) is 113 Å². The predicted octanol–water partition coefficient (Wildman–Crippen LogP) is 1.02. The summed E-state index contributed by atoms with van der Waals surface area (Å²) in [6, 6.07) is 12.5. The summed E-state index contributed by atoms with van der Waals surface area (Å²) in [5, 5.41) is 17.5. The average Bonchev–Trinajstić information content (AvgIpc) is 3.52. The number of sulfonamides is 1. The van der Waals surface area contributed by atoms with Gasteiger partial charge in [0.15, 0.2) is 21.3 Å². The highest BCUT2D eigenvalue weighted by Gasteiger charge is 2.33. The number of amides is 2. The maximum atomic E-state index is 13.8. The van der Waals surface area contributed by atoms with Gasteiger partial charge in [0.1, 0.15) is 0 Å². The molecule has 0 bridgehead atoms. The Labute approximate surface area is 277 Å². The second-order valence-electron chi connectivity index (χ2n) is 12.5. The molecule has 3 N–H and O–H groups in total. The van der Waals surface area contributed by atoms with E-state index >= 15 is 0 Å². The van der Waals surface area contributed by atoms with E-state index in [2.05, 4.69) is 10.6 Å². The highest BCUT2D eigenvalue weighted by molar-refractivity contribution is 7.91. The Balaban J connectivity index is 1.46. The average molecular weight is 695 g/mol. The van der Waals surface area contributed by atoms with Gasteiger partial charge < -0.3 is 30.1 Å². The van der Waals surface area contributed by atoms with Crippen molar-refractivity contribution >= 4 is 31.7 Å². The van der Waals surface area contributed by atoms with Gasteiger partial charge in [-0.25, -0.2) is 16.8 Å². The molecule has 15 heteroatoms. The number of benzene rings is 2. The molecule has 4 rings (SSSR count). The molecule has 0 aliphatic carbocycles. The van der Waals surface area contributed by atoms with Crippen molar-refractivity contribution in [3.63, 3.8) is 0 Å². The van der Waals surface area contributed by atoms with Crippen LogP contribution in [0.15, 0.2) is 53.4 Å². The van der Waals surface area contributed by atoms with Gasteiger partial charge in [-0.15, -0.1) is 0 Å². The monoisotopic (exact) mass is 694 g/mol. The van der Waals surface area contributed by atoms with Crippen LogP contribution in [0.1, 0.15) is 32.8 Å². The third-order valence-corrected chi connectivity index (χ3v) is 11.7. The number of aliphatic hydroxyl groups is 1. The number of piperazine rings is 1. The van der Waals surface area contributed by atoms with E-state index < -0.39 is 49.6 Å². The number of carbonyl (C=O) groups excluding carboxylic acids is 2. The molecule has 0 saturated carbocycles. The Morgan fingerprint density at radius 3 is 2.34 bits per heavy atom. The van der Waals surface area contributed by atoms with Gasteiger partial charge in [0.05, 0.1) is 28.5 Å². The third-order valence-electron chi connectivity index (χ3n) is 8.08. The van der Waals surface area contributed by atoms with E-state index in [0.29, 0.717) is 37.7 Å². The van der Waals surface area contributed by atoms with Crippen LogP contribution in [0.5, 0.6) is 11.5 Å². The fourth-order valence-electron chi connectivity index (χ4n) is 5.53. The van der Waals surface area contributed by atoms with Crippen molar-refractivity contribution in [1.29, 1.82) is 0 Å². The van der Waals surface area contributed by atoms with Crippen LogP contribution in [0, 0.1) is 11.8 Å². The van der Waals surface area contributed by atoms with E-state index in [4.69, 9.17) is 9.47 Å². The lowest BCUT2D eigenvalue weighted by atomic mass is 10.00. The smallest absolute Gasteiger partial charge is 0.243 e. The number of ether oxygens (including phenoxy) is 2. The molecule has 2 heterocycles. The van der Waals surface area contributed by atoms with Crippen LogP contribution < -0.4 is 20.1 Å². The Bertz CT molecular complexity index is 1580. The van der Waals surface area contributed by atoms with E-state index in [1.165, 1.54) is 29.4 Å². The van der Waals surface area contributed by atoms with Crippen molar-refractivity contribution in [3.8, 4) is 11.5 Å². The summed E-state index contributed by atoms with van der Waals surface area (Å²) in [7, 11) is -7.85. The molecule has 1 unspecified atom stereocenters. The molecule has 2 aromatic carbocycles. The number of fused-ring (bicyclic) bond motifs is 1. The lowest BCUT2D eigenvalue weighted by molar-refractivity contribution is -0.131. The molecule has 260 valence electrons. The summed E-state index contributed by atoms with van der Waals surface area (Å²) in [6.07, 6.45) is -1.33. The fourth-order valence-corrected chi connectivity index (χ4v) is 8.73. The van der Waals surface area contributed by atoms with Crippen molar-refractivity contribution in [3.05, 3.63) is 54.1 Å². The SMILES string of the molecule is CC(C)CN(C[C@@H](O)C(Cc1ccccc1)NC(=O)[C@H](C)CS(=O)(=O)CCC(=O)N1CCNCC1)S(=O)(=O)c1ccc2c(c1)OCO2. The zero-order valence-electron chi connectivity index (χ0n) is 27.1. The summed E-state index contributed by atoms with van der Waals surface area (Å²) >= 11 is 0. The number of hydrogen-bond donors (Lipinski definition) is 3. The molecule has 2 aliphatic heterocycles. The van der Waals surface area contributed by atoms with Gasteiger partial charge in [0, 0.05) is 57.7 Å². The Hall–Kier alpha value is -3.24. The van der Waals surface area contributed by atoms with Crippen molar-refractivity contribution < 1.29 is 41.0 Å². The zero-order chi connectivity index (χ0) is 34.2. The molecule has 2 aromatic rings. The summed E-state index contributed by atoms with van der Waals surface area (Å²) in [6.45, 7) is 7.32. The third kappa shape index (κ3) is 10.4. The van der Waals surface area contributed by atoms with Gasteiger partial charge in [0.25, 0.3) is 0 Å². The number of nitrogens with one attached hydrogen (secondary N) is 2. The minimum absolute atomic E-state index is 0.0114. The first-order valence-corrected chi connectivity index (χ1v) is 19.1. The van der Waals surface area contributed by atoms with Gasteiger partial charge in [-0.05, 0) is 30.0 Å². The molecule has 0 radical (unpaired) electrons. The summed E-state index contributed by atoms with van der Waals surface area (Å²) < 4.78 is 65.3. The van der Waals surface area contributed by atoms with Crippen LogP contribution in [0.3, 0.4) is 0 Å². The van der Waals surface area contributed by atoms with E-state index in [1.54, 1.807) is 4.90 Å². The predicted molar refractivity (Wildman–Crippen MR) is 176 cm³/mol. The van der Waals surface area contributed by atoms with Crippen LogP contribution in [0.2, 0.25) is 0 Å². The molecule has 1 fully saturated rings. The highest BCUT2D eigenvalue weighted by Crippen LogP contribution is 2.35. The van der Waals surface area contributed by atoms with Crippen molar-refractivity contribution in [2.75, 3.05) is 57.6 Å². The van der Waals surface area contributed by atoms with E-state index in [-0.39, 0.29) is 55.2 Å². The minimum atomic E-state index is -4.10. The minimum Gasteiger partial charge on any atom is -0.454 e. The summed E-state index contributed by atoms with van der Waals surface area (Å²) in [4.78, 5) is 27.5. The highest BCUT2D eigenvalue weighted by atomic mass is 32.2. The summed E-state index contributed by atoms with van der Waals surface area (Å²) in [5.74, 6) is -2.00. The van der Waals surface area contributed by atoms with Crippen molar-refractivity contribution in [2.24, 2.45) is 11.8 Å². The molecular weight excluding hydrogens is 649 g/mol. The maximum absolute atomic E-state index is 13.8. The molecule has 3 atom stereocenters. The second kappa shape index (κ2) is 16.2. The molecule has 1 saturated heterocycles. The zero-order valence-corrected chi connectivity index (χ0v) is 28.8. The first kappa shape index (κ1) is 36.6. The van der Waals surface area contributed by atoms with E-state index in [1.807, 2.05) is 44.2 Å². The standard InChI is InChI=1S/C32H46N4O9S2/c1-23(2)19-36(47(42,43)26-9-10-29-30(18-26)45-22-44-29)20-28(37)27(17-25-7-5-4-6-8-25)34-32(39)24(3)21-46(40,41)16-11-31(38)35-14-12-33-13-15-35/h4-10,18,23-24,27-28,33,37H,11-17,19-22H2,1-3H3,(H,34,39)/t24-,27?,28-/m1/s1. The Morgan fingerprint density at radius 1 is 0.979 bits per heavy atom. The largest absolute Gasteiger partial charge is 0.454 e. The van der Waals surface area contributed by atoms with E-state index in [0.717, 1.165) is 5.56 Å². The lowest BCUT2D eigenvalue weighted by Crippen LogP contribution is -2.52. The second-order valence-corrected chi connectivity index (χ2v) is 16.7. The van der Waals surface area contributed by atoms with Crippen LogP contribution in [0.4, 0.5) is 0 Å². The first-order chi connectivity index (χ1) is 22.2. The van der Waals surface area contributed by atoms with Crippen molar-refractivity contribution in [2.45, 2.75) is 50.7 Å². The van der Waals surface area contributed by atoms with Gasteiger partial charge in [-0.3, -0.25) is 9.59 Å². The molecule has 2 amide bonds. The molecule has 2 aliphatic rings. The van der Waals surface area contributed by atoms with Gasteiger partial charge >= 0.3 is 0 Å². The molecule has 0 aromatic heterocycles. The van der Waals surface area contributed by atoms with Gasteiger partial charge in [-0.2, -0.15) is 4.31 Å². The van der Waals surface area contributed by atoms with Crippen LogP contribution in [-0.2, 0) is 35.9 Å². The Kier molecular flexibility index (Phi) is 12.6. The Morgan fingerprint density at radius 2 is 1.66 bits per heavy atom. The van der Waals surface area contributed by atoms with Crippen LogP contribution in [0.25, 0.3) is 0 Å². The normalized spacial score (nSPS) is 17.0. The number of hydrogen-bond acceptors (Lipinski definition) is 10. The van der Waals surface area contributed by atoms with Crippen molar-refractivity contribution in [1.82, 2.24) is 19.8 Å². The number of sulfone groups is 1. The van der Waals surface area contributed by atoms with E-state index in [9.17, 15) is 31.5 Å². The summed E-state index contributed by atoms with van der Waals surface area (Å²) in [5.41, 5.74) is 0.789. The fraction of sp³-hybridized carbons (Fsp3) is 0.562. The first-order valence-electron chi connectivity index (χ1n) is 15.9. The lowest BCUT2D eigenvalue weighted by Gasteiger charge is -2.31. The quantitative estimate of drug-likeness (QED) is 0.231.